The Kier molecular flexibility index (Phi) is 4.91. The fraction of sp³-hybridized carbons (Fsp3) is 0.0769. The van der Waals surface area contributed by atoms with Gasteiger partial charge in [-0.2, -0.15) is 0 Å². The zero-order valence-corrected chi connectivity index (χ0v) is 8.35. The van der Waals surface area contributed by atoms with E-state index in [1.54, 1.807) is 0 Å². The smallest absolute Gasteiger partial charge is 0.0149 e. The van der Waals surface area contributed by atoms with E-state index in [2.05, 4.69) is 78.4 Å². The molecule has 0 N–H and O–H groups in total. The Bertz CT molecular complexity index is 346. The van der Waals surface area contributed by atoms with Crippen LogP contribution in [0.1, 0.15) is 15.7 Å². The Labute approximate surface area is 105 Å². The van der Waals surface area contributed by atoms with Crippen LogP contribution < -0.4 is 0 Å². The second-order valence-corrected chi connectivity index (χ2v) is 3.54. The molecule has 0 saturated carbocycles. The van der Waals surface area contributed by atoms with E-state index < -0.39 is 0 Å². The van der Waals surface area contributed by atoms with Gasteiger partial charge < -0.3 is 0 Å². The van der Waals surface area contributed by atoms with Gasteiger partial charge in [0.25, 0.3) is 0 Å². The molecule has 0 unspecified atom stereocenters. The van der Waals surface area contributed by atoms with E-state index in [1.807, 2.05) is 0 Å². The van der Waals surface area contributed by atoms with Crippen LogP contribution in [0.3, 0.4) is 0 Å². The van der Waals surface area contributed by atoms with Crippen molar-refractivity contribution in [3.8, 4) is 0 Å². The van der Waals surface area contributed by atoms with Gasteiger partial charge in [-0.05, 0) is 11.0 Å². The Hall–Kier alpha value is -0.746. The van der Waals surface area contributed by atoms with Crippen LogP contribution in [0.5, 0.6) is 0 Å². The van der Waals surface area contributed by atoms with E-state index in [9.17, 15) is 0 Å². The maximum atomic E-state index is 2.24. The van der Waals surface area contributed by atoms with E-state index in [1.165, 1.54) is 11.1 Å². The Morgan fingerprint density at radius 1 is 0.667 bits per heavy atom. The van der Waals surface area contributed by atoms with Crippen molar-refractivity contribution in [2.45, 2.75) is 4.59 Å². The van der Waals surface area contributed by atoms with Crippen molar-refractivity contribution in [3.05, 3.63) is 71.8 Å². The molecule has 0 radical (unpaired) electrons. The average molecular weight is 206 g/mol. The summed E-state index contributed by atoms with van der Waals surface area (Å²) in [6, 6.07) is 21.2. The van der Waals surface area contributed by atoms with Gasteiger partial charge in [0.2, 0.25) is 0 Å². The maximum absolute atomic E-state index is 2.24. The van der Waals surface area contributed by atoms with E-state index in [-0.39, 0.29) is 11.0 Å². The van der Waals surface area contributed by atoms with Crippen molar-refractivity contribution < 1.29 is 0 Å². The van der Waals surface area contributed by atoms with Gasteiger partial charge >= 0.3 is 94.1 Å². The quantitative estimate of drug-likeness (QED) is 0.653. The molecule has 0 spiro atoms. The molecule has 0 aliphatic rings. The first kappa shape index (κ1) is 12.3. The van der Waals surface area contributed by atoms with Gasteiger partial charge in [-0.3, -0.25) is 0 Å². The fourth-order valence-electron chi connectivity index (χ4n) is 1.68. The number of hydrogen-bond acceptors (Lipinski definition) is 0. The summed E-state index contributed by atoms with van der Waals surface area (Å²) in [7, 11) is 0. The predicted octanol–water partition coefficient (Wildman–Crippen LogP) is 1.49. The summed E-state index contributed by atoms with van der Waals surface area (Å²) in [5, 5.41) is 0. The topological polar surface area (TPSA) is 0 Å². The molecule has 2 aromatic rings. The minimum absolute atomic E-state index is 0. The molecule has 0 heterocycles. The molecule has 15 heavy (non-hydrogen) atoms. The Morgan fingerprint density at radius 3 is 1.33 bits per heavy atom. The zero-order valence-electron chi connectivity index (χ0n) is 8.35. The van der Waals surface area contributed by atoms with Gasteiger partial charge in [-0.1, -0.05) is 0 Å². The number of benzene rings is 2. The average Bonchev–Trinajstić information content (AvgIpc) is 2.30. The first-order chi connectivity index (χ1) is 6.88. The van der Waals surface area contributed by atoms with E-state index in [0.29, 0.717) is 4.59 Å². The molecule has 2 rings (SSSR count). The van der Waals surface area contributed by atoms with Crippen LogP contribution in [-0.2, 0) is 0 Å². The largest absolute Gasteiger partial charge is 0.0149 e. The molecule has 0 aliphatic heterocycles. The molecule has 0 aromatic heterocycles. The SMILES string of the molecule is [Li][CH](c1ccccc1)c1ccccc1.[SiH4]. The van der Waals surface area contributed by atoms with Crippen molar-refractivity contribution in [2.75, 3.05) is 0 Å². The van der Waals surface area contributed by atoms with Gasteiger partial charge in [-0.25, -0.2) is 0 Å². The van der Waals surface area contributed by atoms with Gasteiger partial charge in [0.15, 0.2) is 0 Å². The summed E-state index contributed by atoms with van der Waals surface area (Å²) >= 11 is 2.24. The van der Waals surface area contributed by atoms with Crippen LogP contribution in [0, 0.1) is 0 Å². The molecule has 0 fully saturated rings. The zero-order chi connectivity index (χ0) is 9.80. The van der Waals surface area contributed by atoms with Crippen molar-refractivity contribution >= 4 is 28.7 Å². The normalized spacial score (nSPS) is 9.80. The molecule has 72 valence electrons. The summed E-state index contributed by atoms with van der Waals surface area (Å²) in [4.78, 5) is 0. The van der Waals surface area contributed by atoms with Crippen LogP contribution in [0.15, 0.2) is 60.7 Å². The van der Waals surface area contributed by atoms with Crippen molar-refractivity contribution in [3.63, 3.8) is 0 Å². The number of rotatable bonds is 2. The third-order valence-electron chi connectivity index (χ3n) is 2.60. The Morgan fingerprint density at radius 2 is 1.00 bits per heavy atom. The third kappa shape index (κ3) is 3.10. The fourth-order valence-corrected chi connectivity index (χ4v) is 1.68. The molecule has 0 nitrogen and oxygen atoms in total. The molecule has 0 aliphatic carbocycles. The summed E-state index contributed by atoms with van der Waals surface area (Å²) in [5.74, 6) is 0. The van der Waals surface area contributed by atoms with Crippen LogP contribution in [0.4, 0.5) is 0 Å². The van der Waals surface area contributed by atoms with Gasteiger partial charge in [0, 0.05) is 0 Å². The molecule has 0 amide bonds. The van der Waals surface area contributed by atoms with Crippen LogP contribution in [0.25, 0.3) is 0 Å². The standard InChI is InChI=1S/C13H11.Li.H4Si/c1-3-7-12(8-4-1)11-13-9-5-2-6-10-13;;/h1-11H;;1H4. The summed E-state index contributed by atoms with van der Waals surface area (Å²) in [6.45, 7) is 0. The van der Waals surface area contributed by atoms with E-state index >= 15 is 0 Å². The van der Waals surface area contributed by atoms with Crippen molar-refractivity contribution in [1.29, 1.82) is 0 Å². The van der Waals surface area contributed by atoms with Crippen molar-refractivity contribution in [2.24, 2.45) is 0 Å². The number of hydrogen-bond donors (Lipinski definition) is 0. The molecule has 2 aromatic carbocycles. The third-order valence-corrected chi connectivity index (χ3v) is 2.60. The first-order valence-corrected chi connectivity index (χ1v) is 4.98. The predicted molar refractivity (Wildman–Crippen MR) is 71.8 cm³/mol. The monoisotopic (exact) mass is 206 g/mol. The van der Waals surface area contributed by atoms with Crippen molar-refractivity contribution in [1.82, 2.24) is 0 Å². The molecule has 0 bridgehead atoms. The Balaban J connectivity index is 0.00000112. The molecule has 2 heteroatoms. The second kappa shape index (κ2) is 5.97. The molecular weight excluding hydrogens is 191 g/mol. The minimum Gasteiger partial charge on any atom is -0.0149 e. The summed E-state index contributed by atoms with van der Waals surface area (Å²) < 4.78 is 0.484. The minimum atomic E-state index is 0. The summed E-state index contributed by atoms with van der Waals surface area (Å²) in [6.07, 6.45) is 0. The maximum Gasteiger partial charge on any atom is -0.0149 e. The van der Waals surface area contributed by atoms with Gasteiger partial charge in [-0.15, -0.1) is 0 Å². The van der Waals surface area contributed by atoms with Gasteiger partial charge in [0.1, 0.15) is 0 Å². The van der Waals surface area contributed by atoms with Crippen LogP contribution in [0.2, 0.25) is 0 Å². The first-order valence-electron chi connectivity index (χ1n) is 4.98. The van der Waals surface area contributed by atoms with Crippen LogP contribution >= 0.6 is 0 Å². The molecular formula is C13H15LiSi. The van der Waals surface area contributed by atoms with Gasteiger partial charge in [0.05, 0.1) is 0 Å². The molecule has 0 saturated heterocycles. The molecule has 0 atom stereocenters. The summed E-state index contributed by atoms with van der Waals surface area (Å²) in [5.41, 5.74) is 2.75. The van der Waals surface area contributed by atoms with E-state index in [4.69, 9.17) is 0 Å². The van der Waals surface area contributed by atoms with Crippen LogP contribution in [-0.4, -0.2) is 28.7 Å². The second-order valence-electron chi connectivity index (χ2n) is 3.54. The van der Waals surface area contributed by atoms with E-state index in [0.717, 1.165) is 0 Å².